The minimum absolute atomic E-state index is 0.00673. The summed E-state index contributed by atoms with van der Waals surface area (Å²) in [6.07, 6.45) is 2.72. The third-order valence-corrected chi connectivity index (χ3v) is 3.46. The first kappa shape index (κ1) is 18.5. The number of carbonyl (C=O) groups excluding carboxylic acids is 1. The number of nitrogens with zero attached hydrogens (tertiary/aromatic N) is 1. The van der Waals surface area contributed by atoms with Crippen LogP contribution in [0.1, 0.15) is 5.56 Å². The summed E-state index contributed by atoms with van der Waals surface area (Å²) in [6.45, 7) is 0. The fourth-order valence-electron chi connectivity index (χ4n) is 1.79. The summed E-state index contributed by atoms with van der Waals surface area (Å²) in [6, 6.07) is 9.62. The van der Waals surface area contributed by atoms with E-state index in [9.17, 15) is 19.3 Å². The summed E-state index contributed by atoms with van der Waals surface area (Å²) in [4.78, 5) is 22.0. The lowest BCUT2D eigenvalue weighted by Crippen LogP contribution is -2.32. The summed E-state index contributed by atoms with van der Waals surface area (Å²) in [5.74, 6) is -0.880. The van der Waals surface area contributed by atoms with Gasteiger partial charge in [0.05, 0.1) is 4.92 Å². The van der Waals surface area contributed by atoms with E-state index in [0.717, 1.165) is 0 Å². The molecule has 0 aliphatic carbocycles. The Kier molecular flexibility index (Phi) is 6.15. The zero-order chi connectivity index (χ0) is 18.4. The van der Waals surface area contributed by atoms with E-state index >= 15 is 0 Å². The number of nitro benzene ring substituents is 1. The molecular weight excluding hydrogens is 369 g/mol. The van der Waals surface area contributed by atoms with E-state index in [1.165, 1.54) is 54.6 Å². The highest BCUT2D eigenvalue weighted by Gasteiger charge is 2.13. The molecule has 0 saturated carbocycles. The second-order valence-electron chi connectivity index (χ2n) is 4.75. The summed E-state index contributed by atoms with van der Waals surface area (Å²) in [5, 5.41) is 15.8. The van der Waals surface area contributed by atoms with Gasteiger partial charge in [-0.3, -0.25) is 20.2 Å². The SMILES string of the molecule is O=C(C=Cc1ccc(F)cc1)NC(=S)Nc1ccc(Cl)c([N+](=O)[O-])c1. The maximum Gasteiger partial charge on any atom is 0.289 e. The Morgan fingerprint density at radius 3 is 2.56 bits per heavy atom. The molecule has 0 heterocycles. The van der Waals surface area contributed by atoms with Gasteiger partial charge in [0, 0.05) is 17.8 Å². The van der Waals surface area contributed by atoms with E-state index in [2.05, 4.69) is 10.6 Å². The van der Waals surface area contributed by atoms with E-state index in [4.69, 9.17) is 23.8 Å². The van der Waals surface area contributed by atoms with Crippen LogP contribution >= 0.6 is 23.8 Å². The third-order valence-electron chi connectivity index (χ3n) is 2.93. The van der Waals surface area contributed by atoms with Crippen molar-refractivity contribution in [2.75, 3.05) is 5.32 Å². The predicted octanol–water partition coefficient (Wildman–Crippen LogP) is 3.91. The molecule has 2 aromatic rings. The molecule has 0 unspecified atom stereocenters. The van der Waals surface area contributed by atoms with Gasteiger partial charge in [-0.25, -0.2) is 4.39 Å². The Bertz CT molecular complexity index is 856. The molecule has 0 aromatic heterocycles. The van der Waals surface area contributed by atoms with Crippen molar-refractivity contribution in [3.05, 3.63) is 75.1 Å². The summed E-state index contributed by atoms with van der Waals surface area (Å²) in [7, 11) is 0. The van der Waals surface area contributed by atoms with Crippen molar-refractivity contribution < 1.29 is 14.1 Å². The summed E-state index contributed by atoms with van der Waals surface area (Å²) in [5.41, 5.74) is 0.671. The molecule has 128 valence electrons. The number of carbonyl (C=O) groups is 1. The zero-order valence-corrected chi connectivity index (χ0v) is 14.1. The molecule has 25 heavy (non-hydrogen) atoms. The number of thiocarbonyl (C=S) groups is 1. The average molecular weight is 380 g/mol. The first-order valence-corrected chi connectivity index (χ1v) is 7.63. The molecule has 1 amide bonds. The van der Waals surface area contributed by atoms with Crippen LogP contribution in [0.25, 0.3) is 6.08 Å². The standard InChI is InChI=1S/C16H11ClFN3O3S/c17-13-7-6-12(9-14(13)21(23)24)19-16(25)20-15(22)8-3-10-1-4-11(18)5-2-10/h1-9H,(H2,19,20,22,25). The van der Waals surface area contributed by atoms with E-state index in [0.29, 0.717) is 11.3 Å². The molecule has 0 aliphatic rings. The maximum absolute atomic E-state index is 12.8. The Labute approximate surface area is 152 Å². The van der Waals surface area contributed by atoms with Gasteiger partial charge in [0.2, 0.25) is 5.91 Å². The molecule has 0 radical (unpaired) electrons. The number of rotatable bonds is 4. The second-order valence-corrected chi connectivity index (χ2v) is 5.57. The van der Waals surface area contributed by atoms with Crippen molar-refractivity contribution in [2.45, 2.75) is 0 Å². The molecule has 9 heteroatoms. The second kappa shape index (κ2) is 8.32. The largest absolute Gasteiger partial charge is 0.332 e. The molecule has 2 rings (SSSR count). The van der Waals surface area contributed by atoms with Crippen LogP contribution in [0.5, 0.6) is 0 Å². The van der Waals surface area contributed by atoms with Crippen molar-refractivity contribution >= 4 is 52.3 Å². The Hall–Kier alpha value is -2.84. The van der Waals surface area contributed by atoms with E-state index in [-0.39, 0.29) is 21.6 Å². The maximum atomic E-state index is 12.8. The Morgan fingerprint density at radius 2 is 1.92 bits per heavy atom. The Balaban J connectivity index is 1.95. The Morgan fingerprint density at radius 1 is 1.24 bits per heavy atom. The fraction of sp³-hybridized carbons (Fsp3) is 0. The highest BCUT2D eigenvalue weighted by atomic mass is 35.5. The lowest BCUT2D eigenvalue weighted by molar-refractivity contribution is -0.384. The van der Waals surface area contributed by atoms with Crippen LogP contribution in [0.2, 0.25) is 5.02 Å². The zero-order valence-electron chi connectivity index (χ0n) is 12.5. The van der Waals surface area contributed by atoms with Crippen LogP contribution in [-0.2, 0) is 4.79 Å². The van der Waals surface area contributed by atoms with E-state index in [1.54, 1.807) is 0 Å². The van der Waals surface area contributed by atoms with Crippen molar-refractivity contribution in [3.8, 4) is 0 Å². The van der Waals surface area contributed by atoms with E-state index < -0.39 is 10.8 Å². The molecule has 0 spiro atoms. The first-order chi connectivity index (χ1) is 11.8. The van der Waals surface area contributed by atoms with Gasteiger partial charge in [-0.05, 0) is 48.1 Å². The van der Waals surface area contributed by atoms with Crippen LogP contribution in [0.3, 0.4) is 0 Å². The minimum Gasteiger partial charge on any atom is -0.332 e. The molecule has 6 nitrogen and oxygen atoms in total. The van der Waals surface area contributed by atoms with Gasteiger partial charge in [0.15, 0.2) is 5.11 Å². The first-order valence-electron chi connectivity index (χ1n) is 6.85. The molecule has 2 aromatic carbocycles. The molecule has 0 bridgehead atoms. The highest BCUT2D eigenvalue weighted by Crippen LogP contribution is 2.27. The molecule has 0 saturated heterocycles. The van der Waals surface area contributed by atoms with Crippen LogP contribution < -0.4 is 10.6 Å². The summed E-state index contributed by atoms with van der Waals surface area (Å²) < 4.78 is 12.8. The van der Waals surface area contributed by atoms with Crippen LogP contribution in [-0.4, -0.2) is 15.9 Å². The van der Waals surface area contributed by atoms with Gasteiger partial charge in [0.25, 0.3) is 5.69 Å². The highest BCUT2D eigenvalue weighted by molar-refractivity contribution is 7.80. The van der Waals surface area contributed by atoms with Gasteiger partial charge in [0.1, 0.15) is 10.8 Å². The van der Waals surface area contributed by atoms with Crippen molar-refractivity contribution in [3.63, 3.8) is 0 Å². The van der Waals surface area contributed by atoms with Crippen LogP contribution in [0.15, 0.2) is 48.5 Å². The van der Waals surface area contributed by atoms with Gasteiger partial charge in [-0.15, -0.1) is 0 Å². The smallest absolute Gasteiger partial charge is 0.289 e. The fourth-order valence-corrected chi connectivity index (χ4v) is 2.20. The van der Waals surface area contributed by atoms with Crippen LogP contribution in [0, 0.1) is 15.9 Å². The average Bonchev–Trinajstić information content (AvgIpc) is 2.55. The quantitative estimate of drug-likeness (QED) is 0.364. The van der Waals surface area contributed by atoms with Gasteiger partial charge in [-0.2, -0.15) is 0 Å². The molecule has 0 fully saturated rings. The lowest BCUT2D eigenvalue weighted by atomic mass is 10.2. The summed E-state index contributed by atoms with van der Waals surface area (Å²) >= 11 is 10.7. The molecule has 0 aliphatic heterocycles. The molecule has 0 atom stereocenters. The van der Waals surface area contributed by atoms with Crippen molar-refractivity contribution in [1.29, 1.82) is 0 Å². The number of benzene rings is 2. The van der Waals surface area contributed by atoms with Gasteiger partial charge < -0.3 is 5.32 Å². The number of nitro groups is 1. The van der Waals surface area contributed by atoms with Crippen LogP contribution in [0.4, 0.5) is 15.8 Å². The third kappa shape index (κ3) is 5.63. The number of hydrogen-bond donors (Lipinski definition) is 2. The number of nitrogens with one attached hydrogen (secondary N) is 2. The normalized spacial score (nSPS) is 10.5. The van der Waals surface area contributed by atoms with Gasteiger partial charge >= 0.3 is 0 Å². The molecule has 2 N–H and O–H groups in total. The van der Waals surface area contributed by atoms with Crippen molar-refractivity contribution in [1.82, 2.24) is 5.32 Å². The van der Waals surface area contributed by atoms with Gasteiger partial charge in [-0.1, -0.05) is 23.7 Å². The topological polar surface area (TPSA) is 84.3 Å². The number of anilines is 1. The number of hydrogen-bond acceptors (Lipinski definition) is 4. The monoisotopic (exact) mass is 379 g/mol. The van der Waals surface area contributed by atoms with E-state index in [1.807, 2.05) is 0 Å². The van der Waals surface area contributed by atoms with Crippen molar-refractivity contribution in [2.24, 2.45) is 0 Å². The lowest BCUT2D eigenvalue weighted by Gasteiger charge is -2.08. The number of amides is 1. The number of halogens is 2. The molecular formula is C16H11ClFN3O3S. The predicted molar refractivity (Wildman–Crippen MR) is 97.9 cm³/mol. The minimum atomic E-state index is -0.624.